The molecular formula is C20H27N3O4S. The number of benzene rings is 1. The fraction of sp³-hybridized carbons (Fsp3) is 0.450. The van der Waals surface area contributed by atoms with Crippen molar-refractivity contribution in [2.45, 2.75) is 33.7 Å². The summed E-state index contributed by atoms with van der Waals surface area (Å²) in [6.07, 6.45) is 0.712. The van der Waals surface area contributed by atoms with E-state index in [-0.39, 0.29) is 11.7 Å². The Kier molecular flexibility index (Phi) is 8.41. The first-order chi connectivity index (χ1) is 13.4. The number of nitrogens with zero attached hydrogens (tertiary/aromatic N) is 2. The van der Waals surface area contributed by atoms with Gasteiger partial charge in [-0.05, 0) is 38.8 Å². The highest BCUT2D eigenvalue weighted by molar-refractivity contribution is 7.09. The van der Waals surface area contributed by atoms with Crippen molar-refractivity contribution in [3.63, 3.8) is 0 Å². The molecule has 0 unspecified atom stereocenters. The van der Waals surface area contributed by atoms with Gasteiger partial charge >= 0.3 is 12.0 Å². The molecular weight excluding hydrogens is 378 g/mol. The van der Waals surface area contributed by atoms with Crippen LogP contribution in [0, 0.1) is 13.8 Å². The van der Waals surface area contributed by atoms with Gasteiger partial charge in [-0.25, -0.2) is 14.6 Å². The molecule has 0 saturated carbocycles. The minimum Gasteiger partial charge on any atom is -0.464 e. The lowest BCUT2D eigenvalue weighted by atomic mass is 10.1. The van der Waals surface area contributed by atoms with E-state index < -0.39 is 5.97 Å². The molecule has 0 saturated heterocycles. The number of hydrogen-bond acceptors (Lipinski definition) is 6. The maximum Gasteiger partial charge on any atom is 0.357 e. The third-order valence-electron chi connectivity index (χ3n) is 4.10. The van der Waals surface area contributed by atoms with Gasteiger partial charge < -0.3 is 19.7 Å². The van der Waals surface area contributed by atoms with Gasteiger partial charge in [-0.15, -0.1) is 11.3 Å². The molecule has 2 rings (SSSR count). The molecule has 2 aromatic rings. The van der Waals surface area contributed by atoms with Crippen molar-refractivity contribution in [3.8, 4) is 0 Å². The Balaban J connectivity index is 2.09. The van der Waals surface area contributed by atoms with Crippen molar-refractivity contribution in [2.24, 2.45) is 0 Å². The number of carbonyl (C=O) groups is 2. The van der Waals surface area contributed by atoms with E-state index in [2.05, 4.69) is 10.3 Å². The number of ether oxygens (including phenoxy) is 2. The zero-order valence-electron chi connectivity index (χ0n) is 16.8. The maximum absolute atomic E-state index is 12.9. The number of anilines is 1. The van der Waals surface area contributed by atoms with Crippen LogP contribution in [-0.2, 0) is 16.0 Å². The van der Waals surface area contributed by atoms with Crippen LogP contribution in [0.5, 0.6) is 0 Å². The summed E-state index contributed by atoms with van der Waals surface area (Å²) in [5.41, 5.74) is 3.18. The van der Waals surface area contributed by atoms with Gasteiger partial charge in [-0.3, -0.25) is 0 Å². The molecule has 0 atom stereocenters. The van der Waals surface area contributed by atoms with Crippen LogP contribution in [0.15, 0.2) is 23.6 Å². The maximum atomic E-state index is 12.9. The summed E-state index contributed by atoms with van der Waals surface area (Å²) < 4.78 is 10.1. The van der Waals surface area contributed by atoms with E-state index in [9.17, 15) is 9.59 Å². The fourth-order valence-corrected chi connectivity index (χ4v) is 3.43. The third kappa shape index (κ3) is 6.31. The highest BCUT2D eigenvalue weighted by Gasteiger charge is 2.18. The minimum absolute atomic E-state index is 0.210. The lowest BCUT2D eigenvalue weighted by Gasteiger charge is -2.23. The number of aryl methyl sites for hydroxylation is 2. The number of amides is 2. The quantitative estimate of drug-likeness (QED) is 0.504. The molecule has 0 radical (unpaired) electrons. The number of thiazole rings is 1. The molecule has 0 aliphatic carbocycles. The fourth-order valence-electron chi connectivity index (χ4n) is 2.65. The van der Waals surface area contributed by atoms with E-state index in [1.807, 2.05) is 39.0 Å². The number of esters is 1. The second-order valence-corrected chi connectivity index (χ2v) is 7.28. The molecule has 0 spiro atoms. The van der Waals surface area contributed by atoms with Gasteiger partial charge in [0, 0.05) is 30.8 Å². The van der Waals surface area contributed by atoms with E-state index in [0.29, 0.717) is 37.7 Å². The van der Waals surface area contributed by atoms with Gasteiger partial charge in [0.25, 0.3) is 0 Å². The Morgan fingerprint density at radius 2 is 2.07 bits per heavy atom. The molecule has 1 aromatic carbocycles. The Bertz CT molecular complexity index is 806. The number of hydrogen-bond donors (Lipinski definition) is 1. The number of carbonyl (C=O) groups excluding carboxylic acids is 2. The van der Waals surface area contributed by atoms with Gasteiger partial charge in [-0.1, -0.05) is 17.7 Å². The van der Waals surface area contributed by atoms with E-state index in [0.717, 1.165) is 16.8 Å². The average Bonchev–Trinajstić information content (AvgIpc) is 3.14. The second-order valence-electron chi connectivity index (χ2n) is 6.34. The average molecular weight is 406 g/mol. The van der Waals surface area contributed by atoms with Crippen molar-refractivity contribution in [3.05, 3.63) is 45.4 Å². The summed E-state index contributed by atoms with van der Waals surface area (Å²) in [6.45, 7) is 7.97. The molecule has 0 fully saturated rings. The first kappa shape index (κ1) is 21.8. The lowest BCUT2D eigenvalue weighted by molar-refractivity contribution is 0.0594. The summed E-state index contributed by atoms with van der Waals surface area (Å²) in [5, 5.41) is 5.28. The highest BCUT2D eigenvalue weighted by atomic mass is 32.1. The van der Waals surface area contributed by atoms with Gasteiger partial charge in [0.2, 0.25) is 0 Å². The lowest BCUT2D eigenvalue weighted by Crippen LogP contribution is -2.36. The topological polar surface area (TPSA) is 80.8 Å². The Labute approximate surface area is 169 Å². The third-order valence-corrected chi connectivity index (χ3v) is 4.94. The normalized spacial score (nSPS) is 10.6. The predicted octanol–water partition coefficient (Wildman–Crippen LogP) is 4.01. The number of urea groups is 1. The minimum atomic E-state index is -0.481. The Morgan fingerprint density at radius 1 is 1.29 bits per heavy atom. The Hall–Kier alpha value is -2.45. The molecule has 28 heavy (non-hydrogen) atoms. The van der Waals surface area contributed by atoms with Gasteiger partial charge in [0.1, 0.15) is 5.01 Å². The smallest absolute Gasteiger partial charge is 0.357 e. The zero-order valence-corrected chi connectivity index (χ0v) is 17.6. The van der Waals surface area contributed by atoms with Gasteiger partial charge in [0.05, 0.1) is 13.7 Å². The van der Waals surface area contributed by atoms with Crippen LogP contribution in [0.2, 0.25) is 0 Å². The van der Waals surface area contributed by atoms with E-state index in [1.54, 1.807) is 10.3 Å². The monoisotopic (exact) mass is 405 g/mol. The molecule has 8 heteroatoms. The largest absolute Gasteiger partial charge is 0.464 e. The second kappa shape index (κ2) is 10.8. The van der Waals surface area contributed by atoms with Crippen LogP contribution in [0.3, 0.4) is 0 Å². The van der Waals surface area contributed by atoms with Crippen molar-refractivity contribution in [1.29, 1.82) is 0 Å². The molecule has 0 bridgehead atoms. The van der Waals surface area contributed by atoms with E-state index >= 15 is 0 Å². The number of aromatic nitrogens is 1. The first-order valence-electron chi connectivity index (χ1n) is 9.18. The molecule has 7 nitrogen and oxygen atoms in total. The van der Waals surface area contributed by atoms with Crippen LogP contribution >= 0.6 is 11.3 Å². The van der Waals surface area contributed by atoms with Crippen molar-refractivity contribution in [1.82, 2.24) is 9.88 Å². The van der Waals surface area contributed by atoms with Crippen molar-refractivity contribution in [2.75, 3.05) is 32.2 Å². The van der Waals surface area contributed by atoms with Crippen LogP contribution in [0.1, 0.15) is 40.0 Å². The van der Waals surface area contributed by atoms with E-state index in [4.69, 9.17) is 9.47 Å². The zero-order chi connectivity index (χ0) is 20.5. The van der Waals surface area contributed by atoms with Crippen LogP contribution in [0.4, 0.5) is 10.5 Å². The van der Waals surface area contributed by atoms with Gasteiger partial charge in [-0.2, -0.15) is 0 Å². The number of nitrogens with one attached hydrogen (secondary N) is 1. The summed E-state index contributed by atoms with van der Waals surface area (Å²) >= 11 is 1.33. The number of rotatable bonds is 9. The number of methoxy groups -OCH3 is 1. The van der Waals surface area contributed by atoms with Gasteiger partial charge in [0.15, 0.2) is 5.69 Å². The predicted molar refractivity (Wildman–Crippen MR) is 110 cm³/mol. The highest BCUT2D eigenvalue weighted by Crippen LogP contribution is 2.18. The summed E-state index contributed by atoms with van der Waals surface area (Å²) in [6, 6.07) is 5.68. The van der Waals surface area contributed by atoms with Crippen LogP contribution in [0.25, 0.3) is 0 Å². The first-order valence-corrected chi connectivity index (χ1v) is 10.1. The molecule has 0 aliphatic heterocycles. The van der Waals surface area contributed by atoms with Crippen molar-refractivity contribution >= 4 is 29.0 Å². The SMILES string of the molecule is CCOCCCN(Cc1nc(C(=O)OC)cs1)C(=O)Nc1ccc(C)cc1C. The Morgan fingerprint density at radius 3 is 2.75 bits per heavy atom. The molecule has 0 aliphatic rings. The van der Waals surface area contributed by atoms with Crippen LogP contribution in [-0.4, -0.2) is 48.8 Å². The molecule has 152 valence electrons. The van der Waals surface area contributed by atoms with Crippen molar-refractivity contribution < 1.29 is 19.1 Å². The molecule has 2 amide bonds. The standard InChI is InChI=1S/C20H27N3O4S/c1-5-27-10-6-9-23(12-18-21-17(13-28-18)19(24)26-4)20(25)22-16-8-7-14(2)11-15(16)3/h7-8,11,13H,5-6,9-10,12H2,1-4H3,(H,22,25). The molecule has 1 heterocycles. The van der Waals surface area contributed by atoms with E-state index in [1.165, 1.54) is 18.4 Å². The summed E-state index contributed by atoms with van der Waals surface area (Å²) in [4.78, 5) is 30.4. The molecule has 1 N–H and O–H groups in total. The van der Waals surface area contributed by atoms with Crippen LogP contribution < -0.4 is 5.32 Å². The summed E-state index contributed by atoms with van der Waals surface area (Å²) in [5.74, 6) is -0.481. The molecule has 1 aromatic heterocycles. The summed E-state index contributed by atoms with van der Waals surface area (Å²) in [7, 11) is 1.32.